The Labute approximate surface area is 262 Å². The number of Topliss-reactive ketones (excluding diaryl/α,β-unsaturated/α-hetero) is 1. The minimum Gasteiger partial charge on any atom is -0.380 e. The fraction of sp³-hybridized carbons (Fsp3) is 0.645. The van der Waals surface area contributed by atoms with Gasteiger partial charge in [-0.15, -0.1) is 0 Å². The van der Waals surface area contributed by atoms with E-state index in [1.807, 2.05) is 47.7 Å². The van der Waals surface area contributed by atoms with Crippen molar-refractivity contribution in [2.75, 3.05) is 66.3 Å². The summed E-state index contributed by atoms with van der Waals surface area (Å²) in [4.78, 5) is 30.1. The van der Waals surface area contributed by atoms with Crippen LogP contribution in [0, 0.1) is 5.41 Å². The van der Waals surface area contributed by atoms with Gasteiger partial charge in [0.25, 0.3) is 5.91 Å². The molecule has 5 rings (SSSR count). The third-order valence-corrected chi connectivity index (χ3v) is 12.0. The van der Waals surface area contributed by atoms with Crippen molar-refractivity contribution in [1.82, 2.24) is 28.9 Å². The number of hydrogen-bond donors (Lipinski definition) is 0. The summed E-state index contributed by atoms with van der Waals surface area (Å²) in [7, 11) is 6.71. The van der Waals surface area contributed by atoms with E-state index in [4.69, 9.17) is 17.3 Å². The van der Waals surface area contributed by atoms with Crippen LogP contribution in [0.5, 0.6) is 0 Å². The van der Waals surface area contributed by atoms with Gasteiger partial charge in [-0.25, -0.2) is 14.0 Å². The molecule has 2 aliphatic heterocycles. The van der Waals surface area contributed by atoms with Crippen molar-refractivity contribution in [2.24, 2.45) is 5.41 Å². The first kappa shape index (κ1) is 33.0. The van der Waals surface area contributed by atoms with Crippen LogP contribution in [0.25, 0.3) is 5.69 Å². The van der Waals surface area contributed by atoms with Crippen molar-refractivity contribution in [3.63, 3.8) is 0 Å². The minimum absolute atomic E-state index is 0.0635. The maximum Gasteiger partial charge on any atom is 0.253 e. The average molecular weight is 625 g/mol. The number of ether oxygens (including phenoxy) is 2. The zero-order valence-electron chi connectivity index (χ0n) is 26.9. The van der Waals surface area contributed by atoms with Crippen LogP contribution in [0.4, 0.5) is 0 Å². The fourth-order valence-electron chi connectivity index (χ4n) is 6.35. The summed E-state index contributed by atoms with van der Waals surface area (Å²) in [6.07, 6.45) is 2.84. The van der Waals surface area contributed by atoms with E-state index in [2.05, 4.69) is 37.7 Å². The highest BCUT2D eigenvalue weighted by Gasteiger charge is 2.38. The number of amides is 1. The van der Waals surface area contributed by atoms with Crippen LogP contribution < -0.4 is 0 Å². The Balaban J connectivity index is 1.17. The minimum atomic E-state index is -3.00. The fourth-order valence-corrected chi connectivity index (χ4v) is 8.40. The van der Waals surface area contributed by atoms with E-state index in [0.29, 0.717) is 62.9 Å². The molecule has 0 saturated carbocycles. The lowest BCUT2D eigenvalue weighted by Gasteiger charge is -2.42. The Morgan fingerprint density at radius 2 is 1.82 bits per heavy atom. The van der Waals surface area contributed by atoms with E-state index in [1.54, 1.807) is 15.8 Å². The summed E-state index contributed by atoms with van der Waals surface area (Å²) in [6, 6.07) is 7.38. The highest BCUT2D eigenvalue weighted by Crippen LogP contribution is 2.51. The van der Waals surface area contributed by atoms with Crippen molar-refractivity contribution in [3.05, 3.63) is 47.3 Å². The van der Waals surface area contributed by atoms with Crippen LogP contribution in [0.1, 0.15) is 60.5 Å². The molecule has 238 valence electrons. The SMILES string of the molecule is [B]C1CN(C(C)C)CC(COCP(=O)(N(C)C)N2CCN(C(=O)c3ccc(-n4ncc5c4CC(C)(C)CC5=O)cc3)CC2)O1. The number of carbonyl (C=O) groups is 2. The quantitative estimate of drug-likeness (QED) is 0.308. The van der Waals surface area contributed by atoms with Crippen molar-refractivity contribution in [1.29, 1.82) is 0 Å². The van der Waals surface area contributed by atoms with Gasteiger partial charge in [-0.05, 0) is 64.0 Å². The summed E-state index contributed by atoms with van der Waals surface area (Å²) in [5.74, 6) is 0.0613. The molecule has 1 aromatic carbocycles. The van der Waals surface area contributed by atoms with Gasteiger partial charge in [0, 0.05) is 63.3 Å². The normalized spacial score (nSPS) is 24.5. The van der Waals surface area contributed by atoms with Crippen LogP contribution in [0.2, 0.25) is 0 Å². The number of benzene rings is 1. The molecule has 0 N–H and O–H groups in total. The first-order chi connectivity index (χ1) is 20.8. The molecular formula is C31H46BN6O5P. The van der Waals surface area contributed by atoms with Crippen LogP contribution in [0.3, 0.4) is 0 Å². The van der Waals surface area contributed by atoms with E-state index >= 15 is 0 Å². The molecule has 44 heavy (non-hydrogen) atoms. The van der Waals surface area contributed by atoms with Gasteiger partial charge >= 0.3 is 0 Å². The Morgan fingerprint density at radius 3 is 2.45 bits per heavy atom. The molecule has 1 aromatic heterocycles. The molecule has 0 spiro atoms. The van der Waals surface area contributed by atoms with E-state index in [1.165, 1.54) is 0 Å². The molecule has 2 saturated heterocycles. The molecular weight excluding hydrogens is 578 g/mol. The lowest BCUT2D eigenvalue weighted by Crippen LogP contribution is -2.52. The third-order valence-electron chi connectivity index (χ3n) is 8.94. The number of morpholine rings is 1. The van der Waals surface area contributed by atoms with Gasteiger partial charge in [-0.1, -0.05) is 13.8 Å². The Bertz CT molecular complexity index is 1390. The third kappa shape index (κ3) is 7.06. The number of fused-ring (bicyclic) bond motifs is 1. The number of carbonyl (C=O) groups excluding carboxylic acids is 2. The average Bonchev–Trinajstić information content (AvgIpc) is 3.39. The number of hydrogen-bond acceptors (Lipinski definition) is 7. The predicted molar refractivity (Wildman–Crippen MR) is 171 cm³/mol. The number of ketones is 1. The van der Waals surface area contributed by atoms with Crippen LogP contribution in [-0.4, -0.2) is 133 Å². The summed E-state index contributed by atoms with van der Waals surface area (Å²) in [5, 5.41) is 4.49. The van der Waals surface area contributed by atoms with Gasteiger partial charge in [0.05, 0.1) is 35.9 Å². The molecule has 2 aromatic rings. The molecule has 13 heteroatoms. The van der Waals surface area contributed by atoms with E-state index in [9.17, 15) is 14.2 Å². The standard InChI is InChI=1S/C31H46BN6O5P/c1-22(2)36-18-25(43-29(32)19-36)20-42-21-44(41,34(5)6)37-13-11-35(12-14-37)30(40)23-7-9-24(10-8-23)38-27-15-31(3,4)16-28(39)26(27)17-33-38/h7-10,17,22,25,29H,11-16,18-21H2,1-6H3. The van der Waals surface area contributed by atoms with Crippen molar-refractivity contribution in [3.8, 4) is 5.69 Å². The maximum atomic E-state index is 14.1. The number of nitrogens with zero attached hydrogens (tertiary/aromatic N) is 6. The molecule has 0 bridgehead atoms. The molecule has 1 amide bonds. The molecule has 3 unspecified atom stereocenters. The maximum absolute atomic E-state index is 14.1. The lowest BCUT2D eigenvalue weighted by molar-refractivity contribution is -0.0878. The van der Waals surface area contributed by atoms with Crippen LogP contribution in [-0.2, 0) is 20.5 Å². The summed E-state index contributed by atoms with van der Waals surface area (Å²) >= 11 is 0. The van der Waals surface area contributed by atoms with Gasteiger partial charge in [-0.2, -0.15) is 5.10 Å². The first-order valence-electron chi connectivity index (χ1n) is 15.5. The largest absolute Gasteiger partial charge is 0.380 e. The zero-order chi connectivity index (χ0) is 31.8. The smallest absolute Gasteiger partial charge is 0.253 e. The second-order valence-electron chi connectivity index (χ2n) is 13.5. The van der Waals surface area contributed by atoms with Gasteiger partial charge in [0.1, 0.15) is 14.2 Å². The van der Waals surface area contributed by atoms with Crippen LogP contribution in [0.15, 0.2) is 30.5 Å². The van der Waals surface area contributed by atoms with Crippen molar-refractivity contribution >= 4 is 27.0 Å². The molecule has 3 heterocycles. The number of aromatic nitrogens is 2. The second kappa shape index (κ2) is 13.2. The molecule has 2 fully saturated rings. The number of piperazine rings is 1. The van der Waals surface area contributed by atoms with Crippen molar-refractivity contribution in [2.45, 2.75) is 58.7 Å². The summed E-state index contributed by atoms with van der Waals surface area (Å²) < 4.78 is 31.5. The van der Waals surface area contributed by atoms with Gasteiger partial charge in [-0.3, -0.25) is 19.1 Å². The van der Waals surface area contributed by atoms with Gasteiger partial charge in [0.2, 0.25) is 7.44 Å². The summed E-state index contributed by atoms with van der Waals surface area (Å²) in [6.45, 7) is 12.1. The molecule has 1 aliphatic carbocycles. The molecule has 3 aliphatic rings. The molecule has 2 radical (unpaired) electrons. The monoisotopic (exact) mass is 624 g/mol. The van der Waals surface area contributed by atoms with Crippen LogP contribution >= 0.6 is 7.44 Å². The van der Waals surface area contributed by atoms with E-state index in [-0.39, 0.29) is 35.6 Å². The van der Waals surface area contributed by atoms with Gasteiger partial charge < -0.3 is 14.4 Å². The van der Waals surface area contributed by atoms with Crippen molar-refractivity contribution < 1.29 is 23.6 Å². The Kier molecular flexibility index (Phi) is 9.90. The lowest BCUT2D eigenvalue weighted by atomic mass is 9.76. The first-order valence-corrected chi connectivity index (χ1v) is 17.3. The van der Waals surface area contributed by atoms with Gasteiger partial charge in [0.15, 0.2) is 5.78 Å². The topological polar surface area (TPSA) is 100 Å². The Morgan fingerprint density at radius 1 is 1.14 bits per heavy atom. The predicted octanol–water partition coefficient (Wildman–Crippen LogP) is 3.12. The Hall–Kier alpha value is -2.34. The summed E-state index contributed by atoms with van der Waals surface area (Å²) in [5.41, 5.74) is 2.90. The van der Waals surface area contributed by atoms with E-state index < -0.39 is 7.44 Å². The second-order valence-corrected chi connectivity index (χ2v) is 16.5. The molecule has 11 nitrogen and oxygen atoms in total. The van der Waals surface area contributed by atoms with E-state index in [0.717, 1.165) is 24.3 Å². The highest BCUT2D eigenvalue weighted by atomic mass is 31.2. The highest BCUT2D eigenvalue weighted by molar-refractivity contribution is 7.58. The number of rotatable bonds is 9. The molecule has 3 atom stereocenters. The zero-order valence-corrected chi connectivity index (χ0v) is 27.8.